The number of fused-ring (bicyclic) bond motifs is 1. The summed E-state index contributed by atoms with van der Waals surface area (Å²) < 4.78 is 6.53. The highest BCUT2D eigenvalue weighted by Crippen LogP contribution is 2.30. The number of hydrogen-bond acceptors (Lipinski definition) is 4. The summed E-state index contributed by atoms with van der Waals surface area (Å²) >= 11 is 3.62. The van der Waals surface area contributed by atoms with Crippen LogP contribution in [-0.2, 0) is 4.74 Å². The van der Waals surface area contributed by atoms with Crippen molar-refractivity contribution in [3.63, 3.8) is 0 Å². The van der Waals surface area contributed by atoms with E-state index in [2.05, 4.69) is 44.8 Å². The number of hydrogen-bond donors (Lipinski definition) is 2. The van der Waals surface area contributed by atoms with E-state index < -0.39 is 5.60 Å². The number of nitrogens with zero attached hydrogens (tertiary/aromatic N) is 1. The third-order valence-electron chi connectivity index (χ3n) is 6.41. The molecule has 1 fully saturated rings. The van der Waals surface area contributed by atoms with Gasteiger partial charge in [-0.3, -0.25) is 4.79 Å². The molecule has 1 saturated heterocycles. The summed E-state index contributed by atoms with van der Waals surface area (Å²) in [6.07, 6.45) is 0.535. The fourth-order valence-electron chi connectivity index (χ4n) is 4.58. The molecule has 4 rings (SSSR count). The van der Waals surface area contributed by atoms with Crippen molar-refractivity contribution in [2.45, 2.75) is 58.7 Å². The number of aryl methyl sites for hydroxylation is 1. The second-order valence-corrected chi connectivity index (χ2v) is 11.3. The maximum absolute atomic E-state index is 13.3. The number of carbonyl (C=O) groups excluding carboxylic acids is 2. The molecule has 0 bridgehead atoms. The molecule has 7 heteroatoms. The SMILES string of the molecule is Cc1ccc(N[C@@H]2CCN(C(=O)OC(C)(C)C)C2)cc1C(=O)N[C@H](C)c1ccc(Br)c2ccccc12. The fraction of sp³-hybridized carbons (Fsp3) is 0.379. The van der Waals surface area contributed by atoms with E-state index in [1.54, 1.807) is 4.90 Å². The normalized spacial score (nSPS) is 16.6. The summed E-state index contributed by atoms with van der Waals surface area (Å²) in [5.74, 6) is -0.113. The van der Waals surface area contributed by atoms with Crippen LogP contribution < -0.4 is 10.6 Å². The number of benzene rings is 3. The first-order valence-corrected chi connectivity index (χ1v) is 13.1. The average Bonchev–Trinajstić information content (AvgIpc) is 3.28. The zero-order valence-electron chi connectivity index (χ0n) is 21.5. The molecular weight excluding hydrogens is 518 g/mol. The van der Waals surface area contributed by atoms with E-state index in [1.165, 1.54) is 0 Å². The van der Waals surface area contributed by atoms with Crippen molar-refractivity contribution in [3.8, 4) is 0 Å². The van der Waals surface area contributed by atoms with Crippen molar-refractivity contribution < 1.29 is 14.3 Å². The van der Waals surface area contributed by atoms with Gasteiger partial charge in [0.25, 0.3) is 5.91 Å². The van der Waals surface area contributed by atoms with Gasteiger partial charge in [0.2, 0.25) is 0 Å². The summed E-state index contributed by atoms with van der Waals surface area (Å²) in [6.45, 7) is 10.8. The topological polar surface area (TPSA) is 70.7 Å². The molecule has 0 unspecified atom stereocenters. The lowest BCUT2D eigenvalue weighted by atomic mass is 9.99. The van der Waals surface area contributed by atoms with Crippen LogP contribution in [0.15, 0.2) is 59.1 Å². The zero-order valence-corrected chi connectivity index (χ0v) is 23.1. The molecule has 0 saturated carbocycles. The molecule has 1 heterocycles. The van der Waals surface area contributed by atoms with Gasteiger partial charge in [-0.25, -0.2) is 4.79 Å². The number of nitrogens with one attached hydrogen (secondary N) is 2. The Labute approximate surface area is 221 Å². The average molecular weight is 553 g/mol. The molecule has 2 N–H and O–H groups in total. The minimum absolute atomic E-state index is 0.101. The fourth-order valence-corrected chi connectivity index (χ4v) is 5.06. The van der Waals surface area contributed by atoms with Crippen molar-refractivity contribution in [1.29, 1.82) is 0 Å². The zero-order chi connectivity index (χ0) is 26.0. The van der Waals surface area contributed by atoms with Crippen LogP contribution in [0.2, 0.25) is 0 Å². The van der Waals surface area contributed by atoms with Gasteiger partial charge in [0.1, 0.15) is 5.60 Å². The number of likely N-dealkylation sites (tertiary alicyclic amines) is 1. The minimum atomic E-state index is -0.512. The van der Waals surface area contributed by atoms with Crippen LogP contribution in [0.5, 0.6) is 0 Å². The maximum atomic E-state index is 13.3. The van der Waals surface area contributed by atoms with E-state index in [-0.39, 0.29) is 24.1 Å². The number of ether oxygens (including phenoxy) is 1. The van der Waals surface area contributed by atoms with Gasteiger partial charge in [-0.1, -0.05) is 52.3 Å². The third kappa shape index (κ3) is 6.01. The van der Waals surface area contributed by atoms with Crippen LogP contribution in [0.25, 0.3) is 10.8 Å². The molecule has 190 valence electrons. The number of anilines is 1. The van der Waals surface area contributed by atoms with Crippen LogP contribution >= 0.6 is 15.9 Å². The van der Waals surface area contributed by atoms with E-state index >= 15 is 0 Å². The van der Waals surface area contributed by atoms with Crippen LogP contribution in [0.4, 0.5) is 10.5 Å². The highest BCUT2D eigenvalue weighted by Gasteiger charge is 2.30. The monoisotopic (exact) mass is 551 g/mol. The number of carbonyl (C=O) groups is 2. The van der Waals surface area contributed by atoms with Gasteiger partial charge in [0, 0.05) is 34.9 Å². The smallest absolute Gasteiger partial charge is 0.410 e. The lowest BCUT2D eigenvalue weighted by molar-refractivity contribution is 0.0293. The molecule has 0 spiro atoms. The summed E-state index contributed by atoms with van der Waals surface area (Å²) in [5.41, 5.74) is 2.97. The summed E-state index contributed by atoms with van der Waals surface area (Å²) in [7, 11) is 0. The number of rotatable bonds is 5. The van der Waals surface area contributed by atoms with Gasteiger partial charge in [-0.15, -0.1) is 0 Å². The van der Waals surface area contributed by atoms with Gasteiger partial charge < -0.3 is 20.3 Å². The molecule has 0 aromatic heterocycles. The Morgan fingerprint density at radius 1 is 1.08 bits per heavy atom. The van der Waals surface area contributed by atoms with Gasteiger partial charge >= 0.3 is 6.09 Å². The van der Waals surface area contributed by atoms with Crippen LogP contribution in [-0.4, -0.2) is 41.6 Å². The second kappa shape index (κ2) is 10.5. The van der Waals surface area contributed by atoms with Gasteiger partial charge in [-0.05, 0) is 81.1 Å². The molecule has 36 heavy (non-hydrogen) atoms. The molecule has 3 aromatic rings. The van der Waals surface area contributed by atoms with E-state index in [1.807, 2.05) is 71.0 Å². The lowest BCUT2D eigenvalue weighted by Gasteiger charge is -2.24. The van der Waals surface area contributed by atoms with Crippen molar-refractivity contribution in [1.82, 2.24) is 10.2 Å². The first-order chi connectivity index (χ1) is 17.0. The van der Waals surface area contributed by atoms with Gasteiger partial charge in [-0.2, -0.15) is 0 Å². The van der Waals surface area contributed by atoms with Gasteiger partial charge in [0.05, 0.1) is 6.04 Å². The Morgan fingerprint density at radius 3 is 2.53 bits per heavy atom. The Balaban J connectivity index is 1.44. The number of halogens is 1. The summed E-state index contributed by atoms with van der Waals surface area (Å²) in [5, 5.41) is 8.90. The predicted molar refractivity (Wildman–Crippen MR) is 149 cm³/mol. The van der Waals surface area contributed by atoms with E-state index in [9.17, 15) is 9.59 Å². The van der Waals surface area contributed by atoms with Crippen LogP contribution in [0.3, 0.4) is 0 Å². The van der Waals surface area contributed by atoms with Gasteiger partial charge in [0.15, 0.2) is 0 Å². The predicted octanol–water partition coefficient (Wildman–Crippen LogP) is 6.82. The molecule has 6 nitrogen and oxygen atoms in total. The highest BCUT2D eigenvalue weighted by molar-refractivity contribution is 9.10. The molecule has 2 atom stereocenters. The minimum Gasteiger partial charge on any atom is -0.444 e. The Bertz CT molecular complexity index is 1280. The largest absolute Gasteiger partial charge is 0.444 e. The standard InChI is InChI=1S/C29H34BrN3O3/c1-18-10-11-20(32-21-14-15-33(17-21)28(35)36-29(3,4)5)16-25(18)27(34)31-19(2)22-12-13-26(30)24-9-7-6-8-23(22)24/h6-13,16,19,21,32H,14-15,17H2,1-5H3,(H,31,34)/t19-,21-/m1/s1. The molecule has 0 radical (unpaired) electrons. The second-order valence-electron chi connectivity index (χ2n) is 10.5. The van der Waals surface area contributed by atoms with Crippen molar-refractivity contribution in [2.75, 3.05) is 18.4 Å². The molecule has 3 aromatic carbocycles. The number of amides is 2. The van der Waals surface area contributed by atoms with E-state index in [0.717, 1.165) is 38.5 Å². The van der Waals surface area contributed by atoms with Crippen molar-refractivity contribution in [3.05, 3.63) is 75.8 Å². The lowest BCUT2D eigenvalue weighted by Crippen LogP contribution is -2.36. The summed E-state index contributed by atoms with van der Waals surface area (Å²) in [6, 6.07) is 18.0. The van der Waals surface area contributed by atoms with E-state index in [0.29, 0.717) is 18.7 Å². The highest BCUT2D eigenvalue weighted by atomic mass is 79.9. The molecule has 0 aliphatic carbocycles. The Kier molecular flexibility index (Phi) is 7.59. The quantitative estimate of drug-likeness (QED) is 0.364. The first-order valence-electron chi connectivity index (χ1n) is 12.3. The molecule has 1 aliphatic rings. The maximum Gasteiger partial charge on any atom is 0.410 e. The van der Waals surface area contributed by atoms with Crippen LogP contribution in [0.1, 0.15) is 61.6 Å². The van der Waals surface area contributed by atoms with Crippen molar-refractivity contribution in [2.24, 2.45) is 0 Å². The Hall–Kier alpha value is -3.06. The molecule has 1 aliphatic heterocycles. The molecule has 2 amide bonds. The molecular formula is C29H34BrN3O3. The van der Waals surface area contributed by atoms with Crippen LogP contribution in [0, 0.1) is 6.92 Å². The van der Waals surface area contributed by atoms with E-state index in [4.69, 9.17) is 4.74 Å². The Morgan fingerprint density at radius 2 is 1.81 bits per heavy atom. The summed E-state index contributed by atoms with van der Waals surface area (Å²) in [4.78, 5) is 27.4. The van der Waals surface area contributed by atoms with Crippen molar-refractivity contribution >= 4 is 44.4 Å². The first kappa shape index (κ1) is 26.0. The third-order valence-corrected chi connectivity index (χ3v) is 7.10.